The summed E-state index contributed by atoms with van der Waals surface area (Å²) in [6.07, 6.45) is 3.82. The topological polar surface area (TPSA) is 42.3 Å². The smallest absolute Gasteiger partial charge is 0.302 e. The first-order valence-electron chi connectivity index (χ1n) is 9.18. The first-order chi connectivity index (χ1) is 12.7. The minimum Gasteiger partial charge on any atom is -0.302 e. The second kappa shape index (κ2) is 7.56. The van der Waals surface area contributed by atoms with E-state index >= 15 is 0 Å². The fraction of sp³-hybridized carbons (Fsp3) is 0.333. The molecule has 0 spiro atoms. The van der Waals surface area contributed by atoms with Crippen LogP contribution < -0.4 is 4.87 Å². The SMILES string of the molecule is O=C(c1ccccc1)c1ccc2c(c1)sc(=O)n2CCN1CCCCC1. The Kier molecular flexibility index (Phi) is 5.00. The summed E-state index contributed by atoms with van der Waals surface area (Å²) in [6.45, 7) is 3.89. The van der Waals surface area contributed by atoms with Crippen molar-refractivity contribution in [2.75, 3.05) is 19.6 Å². The van der Waals surface area contributed by atoms with Crippen molar-refractivity contribution in [3.05, 3.63) is 69.3 Å². The minimum atomic E-state index is -0.00628. The van der Waals surface area contributed by atoms with Crippen molar-refractivity contribution >= 4 is 27.3 Å². The lowest BCUT2D eigenvalue weighted by atomic mass is 10.0. The summed E-state index contributed by atoms with van der Waals surface area (Å²) in [7, 11) is 0. The van der Waals surface area contributed by atoms with Gasteiger partial charge in [0.05, 0.1) is 10.2 Å². The van der Waals surface area contributed by atoms with E-state index in [0.717, 1.165) is 29.9 Å². The molecule has 4 nitrogen and oxygen atoms in total. The minimum absolute atomic E-state index is 0.00628. The monoisotopic (exact) mass is 366 g/mol. The van der Waals surface area contributed by atoms with Gasteiger partial charge >= 0.3 is 4.87 Å². The van der Waals surface area contributed by atoms with Crippen LogP contribution in [0.1, 0.15) is 35.2 Å². The van der Waals surface area contributed by atoms with Gasteiger partial charge in [-0.1, -0.05) is 48.1 Å². The molecule has 0 atom stereocenters. The van der Waals surface area contributed by atoms with Crippen LogP contribution in [0.4, 0.5) is 0 Å². The Balaban J connectivity index is 1.58. The van der Waals surface area contributed by atoms with Gasteiger partial charge in [0.15, 0.2) is 5.78 Å². The van der Waals surface area contributed by atoms with E-state index in [0.29, 0.717) is 17.7 Å². The van der Waals surface area contributed by atoms with Crippen molar-refractivity contribution in [2.45, 2.75) is 25.8 Å². The molecule has 0 unspecified atom stereocenters. The molecule has 0 saturated carbocycles. The molecule has 0 bridgehead atoms. The van der Waals surface area contributed by atoms with Gasteiger partial charge < -0.3 is 4.90 Å². The van der Waals surface area contributed by atoms with Gasteiger partial charge in [0.25, 0.3) is 0 Å². The van der Waals surface area contributed by atoms with E-state index < -0.39 is 0 Å². The maximum atomic E-state index is 12.6. The van der Waals surface area contributed by atoms with Gasteiger partial charge in [-0.05, 0) is 44.1 Å². The third-order valence-electron chi connectivity index (χ3n) is 5.05. The van der Waals surface area contributed by atoms with E-state index in [4.69, 9.17) is 0 Å². The van der Waals surface area contributed by atoms with Crippen LogP contribution in [0.5, 0.6) is 0 Å². The van der Waals surface area contributed by atoms with Crippen molar-refractivity contribution in [2.24, 2.45) is 0 Å². The molecule has 2 aromatic carbocycles. The first kappa shape index (κ1) is 17.2. The number of piperidine rings is 1. The normalized spacial score (nSPS) is 15.4. The number of carbonyl (C=O) groups excluding carboxylic acids is 1. The highest BCUT2D eigenvalue weighted by atomic mass is 32.1. The number of carbonyl (C=O) groups is 1. The van der Waals surface area contributed by atoms with Crippen LogP contribution in [-0.2, 0) is 6.54 Å². The van der Waals surface area contributed by atoms with Gasteiger partial charge in [-0.25, -0.2) is 0 Å². The molecule has 1 aliphatic heterocycles. The molecule has 0 amide bonds. The Bertz CT molecular complexity index is 969. The highest BCUT2D eigenvalue weighted by molar-refractivity contribution is 7.16. The number of hydrogen-bond donors (Lipinski definition) is 0. The number of fused-ring (bicyclic) bond motifs is 1. The molecular formula is C21H22N2O2S. The zero-order valence-electron chi connectivity index (χ0n) is 14.7. The number of hydrogen-bond acceptors (Lipinski definition) is 4. The van der Waals surface area contributed by atoms with Crippen LogP contribution >= 0.6 is 11.3 Å². The Morgan fingerprint density at radius 2 is 1.69 bits per heavy atom. The molecule has 0 aliphatic carbocycles. The molecule has 1 fully saturated rings. The second-order valence-electron chi connectivity index (χ2n) is 6.80. The van der Waals surface area contributed by atoms with Crippen LogP contribution in [0.25, 0.3) is 10.2 Å². The predicted molar refractivity (Wildman–Crippen MR) is 106 cm³/mol. The van der Waals surface area contributed by atoms with Crippen LogP contribution in [0.2, 0.25) is 0 Å². The third-order valence-corrected chi connectivity index (χ3v) is 6.00. The summed E-state index contributed by atoms with van der Waals surface area (Å²) in [6, 6.07) is 14.9. The van der Waals surface area contributed by atoms with E-state index in [-0.39, 0.29) is 10.7 Å². The summed E-state index contributed by atoms with van der Waals surface area (Å²) in [5.74, 6) is -0.00628. The summed E-state index contributed by atoms with van der Waals surface area (Å²) < 4.78 is 2.74. The largest absolute Gasteiger partial charge is 0.308 e. The van der Waals surface area contributed by atoms with Crippen molar-refractivity contribution in [3.63, 3.8) is 0 Å². The van der Waals surface area contributed by atoms with Gasteiger partial charge in [0.2, 0.25) is 0 Å². The molecule has 4 rings (SSSR count). The van der Waals surface area contributed by atoms with E-state index in [1.165, 1.54) is 30.6 Å². The number of thiazole rings is 1. The molecule has 1 aromatic heterocycles. The number of benzene rings is 2. The maximum absolute atomic E-state index is 12.6. The van der Waals surface area contributed by atoms with Gasteiger partial charge in [-0.15, -0.1) is 0 Å². The van der Waals surface area contributed by atoms with Gasteiger partial charge in [0, 0.05) is 24.2 Å². The van der Waals surface area contributed by atoms with E-state index in [1.807, 2.05) is 53.1 Å². The zero-order chi connectivity index (χ0) is 17.9. The maximum Gasteiger partial charge on any atom is 0.308 e. The molecule has 5 heteroatoms. The van der Waals surface area contributed by atoms with Gasteiger partial charge in [-0.3, -0.25) is 14.2 Å². The summed E-state index contributed by atoms with van der Waals surface area (Å²) >= 11 is 1.23. The summed E-state index contributed by atoms with van der Waals surface area (Å²) in [5.41, 5.74) is 2.23. The molecule has 1 aliphatic rings. The van der Waals surface area contributed by atoms with Crippen molar-refractivity contribution < 1.29 is 4.79 Å². The lowest BCUT2D eigenvalue weighted by Gasteiger charge is -2.26. The van der Waals surface area contributed by atoms with Gasteiger partial charge in [-0.2, -0.15) is 0 Å². The van der Waals surface area contributed by atoms with Crippen LogP contribution in [0.15, 0.2) is 53.3 Å². The average Bonchev–Trinajstić information content (AvgIpc) is 3.01. The Morgan fingerprint density at radius 3 is 2.46 bits per heavy atom. The number of ketones is 1. The molecule has 0 N–H and O–H groups in total. The number of nitrogens with zero attached hydrogens (tertiary/aromatic N) is 2. The predicted octanol–water partition coefficient (Wildman–Crippen LogP) is 3.78. The molecule has 1 saturated heterocycles. The average molecular weight is 366 g/mol. The molecular weight excluding hydrogens is 344 g/mol. The Hall–Kier alpha value is -2.24. The highest BCUT2D eigenvalue weighted by Gasteiger charge is 2.15. The number of aromatic nitrogens is 1. The van der Waals surface area contributed by atoms with Crippen molar-refractivity contribution in [3.8, 4) is 0 Å². The fourth-order valence-corrected chi connectivity index (χ4v) is 4.56. The lowest BCUT2D eigenvalue weighted by molar-refractivity contribution is 0.103. The van der Waals surface area contributed by atoms with Crippen molar-refractivity contribution in [1.29, 1.82) is 0 Å². The Morgan fingerprint density at radius 1 is 0.923 bits per heavy atom. The highest BCUT2D eigenvalue weighted by Crippen LogP contribution is 2.21. The van der Waals surface area contributed by atoms with Crippen molar-refractivity contribution in [1.82, 2.24) is 9.47 Å². The van der Waals surface area contributed by atoms with Crippen LogP contribution in [0.3, 0.4) is 0 Å². The molecule has 134 valence electrons. The summed E-state index contributed by atoms with van der Waals surface area (Å²) in [5, 5.41) is 0. The number of likely N-dealkylation sites (tertiary alicyclic amines) is 1. The van der Waals surface area contributed by atoms with Crippen LogP contribution in [-0.4, -0.2) is 34.9 Å². The summed E-state index contributed by atoms with van der Waals surface area (Å²) in [4.78, 5) is 27.6. The molecule has 26 heavy (non-hydrogen) atoms. The Labute approximate surface area is 156 Å². The third kappa shape index (κ3) is 3.50. The van der Waals surface area contributed by atoms with E-state index in [1.54, 1.807) is 0 Å². The van der Waals surface area contributed by atoms with E-state index in [9.17, 15) is 9.59 Å². The number of rotatable bonds is 5. The molecule has 3 aromatic rings. The first-order valence-corrected chi connectivity index (χ1v) is 9.99. The fourth-order valence-electron chi connectivity index (χ4n) is 3.60. The molecule has 0 radical (unpaired) electrons. The standard InChI is InChI=1S/C21H22N2O2S/c24-20(16-7-3-1-4-8-16)17-9-10-18-19(15-17)26-21(25)23(18)14-13-22-11-5-2-6-12-22/h1,3-4,7-10,15H,2,5-6,11-14H2. The lowest BCUT2D eigenvalue weighted by Crippen LogP contribution is -2.33. The van der Waals surface area contributed by atoms with Crippen LogP contribution in [0, 0.1) is 0 Å². The zero-order valence-corrected chi connectivity index (χ0v) is 15.5. The quantitative estimate of drug-likeness (QED) is 0.646. The van der Waals surface area contributed by atoms with Gasteiger partial charge in [0.1, 0.15) is 0 Å². The second-order valence-corrected chi connectivity index (χ2v) is 7.79. The molecule has 2 heterocycles. The van der Waals surface area contributed by atoms with E-state index in [2.05, 4.69) is 4.90 Å².